The molecule has 3 aromatic rings. The van der Waals surface area contributed by atoms with Crippen molar-refractivity contribution in [1.82, 2.24) is 20.1 Å². The van der Waals surface area contributed by atoms with Crippen molar-refractivity contribution in [3.63, 3.8) is 0 Å². The molecule has 1 aromatic carbocycles. The second-order valence-corrected chi connectivity index (χ2v) is 11.0. The number of nitrogens with zero attached hydrogens (tertiary/aromatic N) is 4. The van der Waals surface area contributed by atoms with Gasteiger partial charge in [-0.25, -0.2) is 22.9 Å². The van der Waals surface area contributed by atoms with E-state index in [0.29, 0.717) is 17.0 Å². The number of carbonyl (C=O) groups is 1. The van der Waals surface area contributed by atoms with Gasteiger partial charge in [0.1, 0.15) is 0 Å². The van der Waals surface area contributed by atoms with Crippen molar-refractivity contribution in [2.45, 2.75) is 56.6 Å². The highest BCUT2D eigenvalue weighted by Gasteiger charge is 2.32. The number of benzene rings is 1. The number of nitrogens with one attached hydrogen (secondary N) is 1. The molecule has 0 radical (unpaired) electrons. The number of rotatable bonds is 6. The summed E-state index contributed by atoms with van der Waals surface area (Å²) in [5.74, 6) is 0. The summed E-state index contributed by atoms with van der Waals surface area (Å²) in [5.41, 5.74) is 3.33. The van der Waals surface area contributed by atoms with E-state index in [1.807, 2.05) is 42.8 Å². The van der Waals surface area contributed by atoms with Gasteiger partial charge in [0.15, 0.2) is 14.9 Å². The van der Waals surface area contributed by atoms with Gasteiger partial charge >= 0.3 is 6.03 Å². The van der Waals surface area contributed by atoms with E-state index in [9.17, 15) is 13.2 Å². The number of sulfone groups is 1. The predicted molar refractivity (Wildman–Crippen MR) is 132 cm³/mol. The molecule has 4 rings (SSSR count). The summed E-state index contributed by atoms with van der Waals surface area (Å²) in [4.78, 5) is 19.2. The number of carbonyl (C=O) groups excluding carboxylic acids is 1. The summed E-state index contributed by atoms with van der Waals surface area (Å²) in [5, 5.41) is 8.32. The fraction of sp³-hybridized carbons (Fsp3) is 0.375. The van der Waals surface area contributed by atoms with E-state index in [1.165, 1.54) is 6.20 Å². The molecule has 34 heavy (non-hydrogen) atoms. The molecule has 2 amide bonds. The number of hydrogen-bond donors (Lipinski definition) is 1. The third-order valence-electron chi connectivity index (χ3n) is 6.05. The molecule has 0 bridgehead atoms. The Hall–Kier alpha value is -2.91. The molecule has 0 fully saturated rings. The number of fused-ring (bicyclic) bond motifs is 1. The SMILES string of the molecule is CCC[C@H](NC(=O)N1c2cnn(-c3ccc(Cl)cc3)c2CCC1C)c1ccnc(S(C)(=O)=O)c1. The molecule has 0 aliphatic carbocycles. The second kappa shape index (κ2) is 9.76. The summed E-state index contributed by atoms with van der Waals surface area (Å²) in [6.07, 6.45) is 7.40. The van der Waals surface area contributed by atoms with Crippen LogP contribution in [0, 0.1) is 0 Å². The quantitative estimate of drug-likeness (QED) is 0.527. The minimum atomic E-state index is -3.45. The van der Waals surface area contributed by atoms with Crippen molar-refractivity contribution in [3.05, 3.63) is 65.1 Å². The molecule has 1 aliphatic heterocycles. The lowest BCUT2D eigenvalue weighted by Crippen LogP contribution is -2.48. The lowest BCUT2D eigenvalue weighted by molar-refractivity contribution is 0.239. The highest BCUT2D eigenvalue weighted by Crippen LogP contribution is 2.33. The van der Waals surface area contributed by atoms with Crippen molar-refractivity contribution in [2.75, 3.05) is 11.2 Å². The van der Waals surface area contributed by atoms with E-state index >= 15 is 0 Å². The van der Waals surface area contributed by atoms with Crippen LogP contribution in [0.4, 0.5) is 10.5 Å². The predicted octanol–water partition coefficient (Wildman–Crippen LogP) is 4.72. The maximum atomic E-state index is 13.5. The Morgan fingerprint density at radius 2 is 2.00 bits per heavy atom. The first-order chi connectivity index (χ1) is 16.2. The van der Waals surface area contributed by atoms with Gasteiger partial charge in [0.25, 0.3) is 0 Å². The van der Waals surface area contributed by atoms with Crippen molar-refractivity contribution >= 4 is 33.2 Å². The third-order valence-corrected chi connectivity index (χ3v) is 7.29. The number of hydrogen-bond acceptors (Lipinski definition) is 5. The highest BCUT2D eigenvalue weighted by atomic mass is 35.5. The Morgan fingerprint density at radius 3 is 2.68 bits per heavy atom. The lowest BCUT2D eigenvalue weighted by atomic mass is 10.0. The molecular formula is C24H28ClN5O3S. The topological polar surface area (TPSA) is 97.2 Å². The first kappa shape index (κ1) is 24.2. The Bertz CT molecular complexity index is 1290. The molecule has 2 atom stereocenters. The summed E-state index contributed by atoms with van der Waals surface area (Å²) in [6.45, 7) is 4.04. The average molecular weight is 502 g/mol. The van der Waals surface area contributed by atoms with Gasteiger partial charge in [-0.1, -0.05) is 24.9 Å². The summed E-state index contributed by atoms with van der Waals surface area (Å²) >= 11 is 6.03. The molecule has 0 saturated heterocycles. The lowest BCUT2D eigenvalue weighted by Gasteiger charge is -2.34. The fourth-order valence-electron chi connectivity index (χ4n) is 4.30. The van der Waals surface area contributed by atoms with Crippen LogP contribution in [0.1, 0.15) is 50.4 Å². The zero-order valence-electron chi connectivity index (χ0n) is 19.4. The molecule has 1 unspecified atom stereocenters. The van der Waals surface area contributed by atoms with Gasteiger partial charge in [0, 0.05) is 23.5 Å². The van der Waals surface area contributed by atoms with E-state index in [-0.39, 0.29) is 23.1 Å². The first-order valence-electron chi connectivity index (χ1n) is 11.3. The monoisotopic (exact) mass is 501 g/mol. The Balaban J connectivity index is 1.63. The highest BCUT2D eigenvalue weighted by molar-refractivity contribution is 7.90. The van der Waals surface area contributed by atoms with Gasteiger partial charge in [-0.05, 0) is 68.1 Å². The Morgan fingerprint density at radius 1 is 1.26 bits per heavy atom. The van der Waals surface area contributed by atoms with Crippen LogP contribution in [0.5, 0.6) is 0 Å². The molecule has 8 nitrogen and oxygen atoms in total. The van der Waals surface area contributed by atoms with Crippen LogP contribution < -0.4 is 10.2 Å². The smallest absolute Gasteiger partial charge is 0.322 e. The minimum absolute atomic E-state index is 0.00165. The number of aromatic nitrogens is 3. The number of halogens is 1. The molecule has 3 heterocycles. The Labute approximate surface area is 204 Å². The number of pyridine rings is 1. The maximum absolute atomic E-state index is 13.5. The van der Waals surface area contributed by atoms with E-state index < -0.39 is 9.84 Å². The van der Waals surface area contributed by atoms with Crippen LogP contribution in [0.2, 0.25) is 5.02 Å². The van der Waals surface area contributed by atoms with E-state index in [2.05, 4.69) is 15.4 Å². The van der Waals surface area contributed by atoms with Gasteiger partial charge < -0.3 is 5.32 Å². The number of amides is 2. The van der Waals surface area contributed by atoms with Crippen LogP contribution >= 0.6 is 11.6 Å². The van der Waals surface area contributed by atoms with Crippen molar-refractivity contribution in [2.24, 2.45) is 0 Å². The van der Waals surface area contributed by atoms with E-state index in [0.717, 1.165) is 42.6 Å². The van der Waals surface area contributed by atoms with Crippen LogP contribution in [-0.4, -0.2) is 41.5 Å². The van der Waals surface area contributed by atoms with Crippen LogP contribution in [0.15, 0.2) is 53.8 Å². The second-order valence-electron chi connectivity index (χ2n) is 8.61. The molecule has 2 aromatic heterocycles. The van der Waals surface area contributed by atoms with E-state index in [1.54, 1.807) is 23.2 Å². The van der Waals surface area contributed by atoms with Crippen LogP contribution in [0.3, 0.4) is 0 Å². The largest absolute Gasteiger partial charge is 0.331 e. The molecule has 0 spiro atoms. The van der Waals surface area contributed by atoms with Crippen LogP contribution in [-0.2, 0) is 16.3 Å². The zero-order valence-corrected chi connectivity index (χ0v) is 21.0. The summed E-state index contributed by atoms with van der Waals surface area (Å²) in [7, 11) is -3.45. The average Bonchev–Trinajstić information content (AvgIpc) is 3.22. The van der Waals surface area contributed by atoms with Crippen molar-refractivity contribution in [1.29, 1.82) is 0 Å². The normalized spacial score (nSPS) is 16.7. The molecular weight excluding hydrogens is 474 g/mol. The molecule has 0 saturated carbocycles. The van der Waals surface area contributed by atoms with Crippen molar-refractivity contribution in [3.8, 4) is 5.69 Å². The third kappa shape index (κ3) is 4.95. The van der Waals surface area contributed by atoms with Gasteiger partial charge in [0.05, 0.1) is 29.3 Å². The minimum Gasteiger partial charge on any atom is -0.331 e. The molecule has 10 heteroatoms. The van der Waals surface area contributed by atoms with Crippen molar-refractivity contribution < 1.29 is 13.2 Å². The van der Waals surface area contributed by atoms with Crippen LogP contribution in [0.25, 0.3) is 5.69 Å². The molecule has 180 valence electrons. The number of anilines is 1. The Kier molecular flexibility index (Phi) is 6.95. The number of urea groups is 1. The fourth-order valence-corrected chi connectivity index (χ4v) is 5.03. The summed E-state index contributed by atoms with van der Waals surface area (Å²) < 4.78 is 25.8. The van der Waals surface area contributed by atoms with Gasteiger partial charge in [0.2, 0.25) is 0 Å². The standard InChI is InChI=1S/C24H28ClN5O3S/c1-4-5-20(17-12-13-26-23(14-17)34(3,32)33)28-24(31)29-16(2)6-11-21-22(29)15-27-30(21)19-9-7-18(25)8-10-19/h7-10,12-16,20H,4-6,11H2,1-3H3,(H,28,31)/t16?,20-/m0/s1. The van der Waals surface area contributed by atoms with Gasteiger partial charge in [-0.2, -0.15) is 5.10 Å². The van der Waals surface area contributed by atoms with Gasteiger partial charge in [-0.15, -0.1) is 0 Å². The molecule has 1 aliphatic rings. The zero-order chi connectivity index (χ0) is 24.5. The van der Waals surface area contributed by atoms with Gasteiger partial charge in [-0.3, -0.25) is 4.90 Å². The molecule has 1 N–H and O–H groups in total. The first-order valence-corrected chi connectivity index (χ1v) is 13.5. The summed E-state index contributed by atoms with van der Waals surface area (Å²) in [6, 6.07) is 10.1. The van der Waals surface area contributed by atoms with E-state index in [4.69, 9.17) is 11.6 Å². The maximum Gasteiger partial charge on any atom is 0.322 e.